The lowest BCUT2D eigenvalue weighted by atomic mass is 10.2. The van der Waals surface area contributed by atoms with Crippen LogP contribution in [-0.4, -0.2) is 20.3 Å². The van der Waals surface area contributed by atoms with Gasteiger partial charge in [-0.25, -0.2) is 0 Å². The fourth-order valence-electron chi connectivity index (χ4n) is 1.81. The predicted molar refractivity (Wildman–Crippen MR) is 79.8 cm³/mol. The van der Waals surface area contributed by atoms with Gasteiger partial charge >= 0.3 is 0 Å². The highest BCUT2D eigenvalue weighted by atomic mass is 16.5. The van der Waals surface area contributed by atoms with Crippen molar-refractivity contribution in [2.45, 2.75) is 6.42 Å². The van der Waals surface area contributed by atoms with Crippen LogP contribution in [0.3, 0.4) is 0 Å². The van der Waals surface area contributed by atoms with Gasteiger partial charge in [0, 0.05) is 12.5 Å². The molecule has 0 aliphatic carbocycles. The van der Waals surface area contributed by atoms with E-state index in [-0.39, 0.29) is 0 Å². The Balaban J connectivity index is 1.74. The van der Waals surface area contributed by atoms with E-state index in [4.69, 9.17) is 19.5 Å². The lowest BCUT2D eigenvalue weighted by Gasteiger charge is -2.09. The van der Waals surface area contributed by atoms with Crippen LogP contribution in [0.1, 0.15) is 12.0 Å². The van der Waals surface area contributed by atoms with E-state index in [1.165, 1.54) is 0 Å². The van der Waals surface area contributed by atoms with E-state index >= 15 is 0 Å². The highest BCUT2D eigenvalue weighted by Gasteiger charge is 2.01. The molecule has 0 fully saturated rings. The lowest BCUT2D eigenvalue weighted by molar-refractivity contribution is 0.246. The SMILES string of the molecule is COc1cccc(OCCCOc2ccccc2C#N)c1. The largest absolute Gasteiger partial charge is 0.497 e. The van der Waals surface area contributed by atoms with Crippen molar-refractivity contribution in [2.24, 2.45) is 0 Å². The van der Waals surface area contributed by atoms with Crippen molar-refractivity contribution in [2.75, 3.05) is 20.3 Å². The van der Waals surface area contributed by atoms with Crippen LogP contribution in [0.4, 0.5) is 0 Å². The zero-order chi connectivity index (χ0) is 14.9. The first-order valence-corrected chi connectivity index (χ1v) is 6.72. The Morgan fingerprint density at radius 1 is 0.952 bits per heavy atom. The number of nitrogens with zero attached hydrogens (tertiary/aromatic N) is 1. The highest BCUT2D eigenvalue weighted by molar-refractivity contribution is 5.42. The third-order valence-corrected chi connectivity index (χ3v) is 2.86. The average Bonchev–Trinajstić information content (AvgIpc) is 2.55. The zero-order valence-electron chi connectivity index (χ0n) is 11.9. The van der Waals surface area contributed by atoms with Crippen molar-refractivity contribution in [3.8, 4) is 23.3 Å². The van der Waals surface area contributed by atoms with E-state index in [0.29, 0.717) is 24.5 Å². The van der Waals surface area contributed by atoms with E-state index in [0.717, 1.165) is 17.9 Å². The lowest BCUT2D eigenvalue weighted by Crippen LogP contribution is -2.05. The van der Waals surface area contributed by atoms with E-state index in [1.54, 1.807) is 19.2 Å². The minimum Gasteiger partial charge on any atom is -0.497 e. The summed E-state index contributed by atoms with van der Waals surface area (Å²) in [7, 11) is 1.62. The molecular formula is C17H17NO3. The van der Waals surface area contributed by atoms with Crippen LogP contribution < -0.4 is 14.2 Å². The molecule has 0 heterocycles. The van der Waals surface area contributed by atoms with Crippen molar-refractivity contribution in [1.29, 1.82) is 5.26 Å². The molecule has 4 nitrogen and oxygen atoms in total. The van der Waals surface area contributed by atoms with Gasteiger partial charge in [-0.3, -0.25) is 0 Å². The minimum absolute atomic E-state index is 0.503. The Hall–Kier alpha value is -2.67. The summed E-state index contributed by atoms with van der Waals surface area (Å²) in [6.45, 7) is 1.05. The Morgan fingerprint density at radius 2 is 1.71 bits per heavy atom. The van der Waals surface area contributed by atoms with Gasteiger partial charge in [-0.2, -0.15) is 5.26 Å². The van der Waals surface area contributed by atoms with Gasteiger partial charge in [0.1, 0.15) is 23.3 Å². The van der Waals surface area contributed by atoms with E-state index in [2.05, 4.69) is 6.07 Å². The molecule has 0 N–H and O–H groups in total. The molecule has 0 bridgehead atoms. The number of ether oxygens (including phenoxy) is 3. The maximum atomic E-state index is 8.95. The summed E-state index contributed by atoms with van der Waals surface area (Å²) in [5, 5.41) is 8.95. The standard InChI is InChI=1S/C17H17NO3/c1-19-15-7-4-8-16(12-15)20-10-5-11-21-17-9-3-2-6-14(17)13-18/h2-4,6-9,12H,5,10-11H2,1H3. The Bertz CT molecular complexity index is 619. The Labute approximate surface area is 124 Å². The predicted octanol–water partition coefficient (Wildman–Crippen LogP) is 3.41. The van der Waals surface area contributed by atoms with Crippen LogP contribution in [0.15, 0.2) is 48.5 Å². The number of hydrogen-bond donors (Lipinski definition) is 0. The van der Waals surface area contributed by atoms with Gasteiger partial charge < -0.3 is 14.2 Å². The molecule has 2 aromatic carbocycles. The molecule has 4 heteroatoms. The quantitative estimate of drug-likeness (QED) is 0.731. The molecule has 0 spiro atoms. The van der Waals surface area contributed by atoms with Gasteiger partial charge in [0.25, 0.3) is 0 Å². The van der Waals surface area contributed by atoms with Gasteiger partial charge in [-0.05, 0) is 24.3 Å². The topological polar surface area (TPSA) is 51.5 Å². The first-order chi connectivity index (χ1) is 10.3. The van der Waals surface area contributed by atoms with Crippen LogP contribution in [0, 0.1) is 11.3 Å². The normalized spacial score (nSPS) is 9.71. The number of hydrogen-bond acceptors (Lipinski definition) is 4. The van der Waals surface area contributed by atoms with Gasteiger partial charge in [-0.1, -0.05) is 18.2 Å². The summed E-state index contributed by atoms with van der Waals surface area (Å²) in [5.41, 5.74) is 0.547. The monoisotopic (exact) mass is 283 g/mol. The summed E-state index contributed by atoms with van der Waals surface area (Å²) < 4.78 is 16.3. The summed E-state index contributed by atoms with van der Waals surface area (Å²) >= 11 is 0. The highest BCUT2D eigenvalue weighted by Crippen LogP contribution is 2.19. The first kappa shape index (κ1) is 14.7. The first-order valence-electron chi connectivity index (χ1n) is 6.72. The second kappa shape index (κ2) is 7.81. The summed E-state index contributed by atoms with van der Waals surface area (Å²) in [5.74, 6) is 2.15. The van der Waals surface area contributed by atoms with Crippen LogP contribution in [0.25, 0.3) is 0 Å². The molecule has 0 saturated carbocycles. The summed E-state index contributed by atoms with van der Waals surface area (Å²) in [6, 6.07) is 16.8. The van der Waals surface area contributed by atoms with Crippen molar-refractivity contribution in [1.82, 2.24) is 0 Å². The molecule has 0 radical (unpaired) electrons. The number of para-hydroxylation sites is 1. The molecule has 0 saturated heterocycles. The second-order valence-corrected chi connectivity index (χ2v) is 4.34. The van der Waals surface area contributed by atoms with Crippen molar-refractivity contribution < 1.29 is 14.2 Å². The second-order valence-electron chi connectivity index (χ2n) is 4.34. The molecule has 0 aliphatic rings. The number of nitriles is 1. The molecule has 0 aliphatic heterocycles. The Kier molecular flexibility index (Phi) is 5.48. The Morgan fingerprint density at radius 3 is 2.52 bits per heavy atom. The van der Waals surface area contributed by atoms with Crippen LogP contribution in [0.5, 0.6) is 17.2 Å². The average molecular weight is 283 g/mol. The number of rotatable bonds is 7. The van der Waals surface area contributed by atoms with Gasteiger partial charge in [0.15, 0.2) is 0 Å². The van der Waals surface area contributed by atoms with Crippen molar-refractivity contribution in [3.05, 3.63) is 54.1 Å². The fourth-order valence-corrected chi connectivity index (χ4v) is 1.81. The van der Waals surface area contributed by atoms with Crippen LogP contribution >= 0.6 is 0 Å². The van der Waals surface area contributed by atoms with Gasteiger partial charge in [0.2, 0.25) is 0 Å². The number of methoxy groups -OCH3 is 1. The van der Waals surface area contributed by atoms with E-state index in [9.17, 15) is 0 Å². The van der Waals surface area contributed by atoms with Crippen LogP contribution in [-0.2, 0) is 0 Å². The molecule has 21 heavy (non-hydrogen) atoms. The van der Waals surface area contributed by atoms with Gasteiger partial charge in [-0.15, -0.1) is 0 Å². The smallest absolute Gasteiger partial charge is 0.137 e. The minimum atomic E-state index is 0.503. The summed E-state index contributed by atoms with van der Waals surface area (Å²) in [6.07, 6.45) is 0.733. The maximum absolute atomic E-state index is 8.95. The molecule has 0 unspecified atom stereocenters. The summed E-state index contributed by atoms with van der Waals surface area (Å²) in [4.78, 5) is 0. The van der Waals surface area contributed by atoms with Gasteiger partial charge in [0.05, 0.1) is 25.9 Å². The van der Waals surface area contributed by atoms with E-state index in [1.807, 2.05) is 36.4 Å². The molecular weight excluding hydrogens is 266 g/mol. The van der Waals surface area contributed by atoms with E-state index < -0.39 is 0 Å². The molecule has 108 valence electrons. The third-order valence-electron chi connectivity index (χ3n) is 2.86. The molecule has 2 aromatic rings. The molecule has 0 amide bonds. The molecule has 2 rings (SSSR count). The molecule has 0 atom stereocenters. The fraction of sp³-hybridized carbons (Fsp3) is 0.235. The van der Waals surface area contributed by atoms with Crippen molar-refractivity contribution in [3.63, 3.8) is 0 Å². The number of benzene rings is 2. The third kappa shape index (κ3) is 4.43. The zero-order valence-corrected chi connectivity index (χ0v) is 11.9. The molecule has 0 aromatic heterocycles. The van der Waals surface area contributed by atoms with Crippen molar-refractivity contribution >= 4 is 0 Å². The maximum Gasteiger partial charge on any atom is 0.137 e. The van der Waals surface area contributed by atoms with Crippen LogP contribution in [0.2, 0.25) is 0 Å².